The topological polar surface area (TPSA) is 40.5 Å². The van der Waals surface area contributed by atoms with Crippen LogP contribution in [0.1, 0.15) is 18.1 Å². The van der Waals surface area contributed by atoms with Crippen LogP contribution in [0.25, 0.3) is 0 Å². The van der Waals surface area contributed by atoms with Crippen LogP contribution in [0.2, 0.25) is 0 Å². The second-order valence-corrected chi connectivity index (χ2v) is 4.49. The van der Waals surface area contributed by atoms with Gasteiger partial charge in [0.1, 0.15) is 11.9 Å². The highest BCUT2D eigenvalue weighted by Gasteiger charge is 2.19. The second kappa shape index (κ2) is 5.84. The van der Waals surface area contributed by atoms with Gasteiger partial charge in [0.2, 0.25) is 0 Å². The van der Waals surface area contributed by atoms with Crippen LogP contribution in [0.5, 0.6) is 0 Å². The fraction of sp³-hybridized carbons (Fsp3) is 0.400. The number of hydrogen-bond acceptors (Lipinski definition) is 3. The summed E-state index contributed by atoms with van der Waals surface area (Å²) in [4.78, 5) is 0. The van der Waals surface area contributed by atoms with E-state index in [0.29, 0.717) is 22.2 Å². The first-order valence-corrected chi connectivity index (χ1v) is 5.90. The average molecular weight is 295 g/mol. The normalized spacial score (nSPS) is 15.0. The highest BCUT2D eigenvalue weighted by atomic mass is 79.9. The van der Waals surface area contributed by atoms with E-state index >= 15 is 0 Å². The van der Waals surface area contributed by atoms with Crippen molar-refractivity contribution < 1.29 is 14.6 Å². The molecule has 0 fully saturated rings. The molecule has 0 bridgehead atoms. The molecular formula is C10H12BrFO2S. The maximum absolute atomic E-state index is 12.8. The Balaban J connectivity index is 2.86. The van der Waals surface area contributed by atoms with E-state index in [2.05, 4.69) is 28.6 Å². The van der Waals surface area contributed by atoms with Crippen molar-refractivity contribution in [2.75, 3.05) is 5.75 Å². The number of rotatable bonds is 4. The van der Waals surface area contributed by atoms with E-state index in [4.69, 9.17) is 0 Å². The summed E-state index contributed by atoms with van der Waals surface area (Å²) in [5.41, 5.74) is 0.477. The maximum atomic E-state index is 12.8. The van der Waals surface area contributed by atoms with Gasteiger partial charge in [-0.15, -0.1) is 0 Å². The van der Waals surface area contributed by atoms with Crippen LogP contribution in [0.4, 0.5) is 4.39 Å². The number of aliphatic hydroxyl groups is 2. The van der Waals surface area contributed by atoms with Crippen molar-refractivity contribution in [3.63, 3.8) is 0 Å². The predicted octanol–water partition coefficient (Wildman–Crippen LogP) is 2.30. The minimum atomic E-state index is -1.02. The standard InChI is InChI=1S/C10H12BrFO2S/c11-8-5-6(12)1-2-7(8)10(14)9(13)3-4-15/h1-2,5,9-10,13-15H,3-4H2. The van der Waals surface area contributed by atoms with Crippen LogP contribution in [0.15, 0.2) is 22.7 Å². The van der Waals surface area contributed by atoms with Crippen LogP contribution >= 0.6 is 28.6 Å². The monoisotopic (exact) mass is 294 g/mol. The lowest BCUT2D eigenvalue weighted by molar-refractivity contribution is 0.0168. The summed E-state index contributed by atoms with van der Waals surface area (Å²) in [6.45, 7) is 0. The third-order valence-electron chi connectivity index (χ3n) is 2.07. The zero-order valence-corrected chi connectivity index (χ0v) is 10.4. The van der Waals surface area contributed by atoms with Gasteiger partial charge < -0.3 is 10.2 Å². The van der Waals surface area contributed by atoms with E-state index in [1.54, 1.807) is 0 Å². The zero-order chi connectivity index (χ0) is 11.4. The number of aliphatic hydroxyl groups excluding tert-OH is 2. The summed E-state index contributed by atoms with van der Waals surface area (Å²) in [7, 11) is 0. The summed E-state index contributed by atoms with van der Waals surface area (Å²) in [6.07, 6.45) is -1.52. The molecular weight excluding hydrogens is 283 g/mol. The van der Waals surface area contributed by atoms with Crippen LogP contribution in [0.3, 0.4) is 0 Å². The first-order valence-electron chi connectivity index (χ1n) is 4.48. The summed E-state index contributed by atoms with van der Waals surface area (Å²) in [5.74, 6) is 0.0957. The fourth-order valence-corrected chi connectivity index (χ4v) is 2.09. The molecule has 2 atom stereocenters. The molecule has 0 amide bonds. The molecule has 1 aromatic carbocycles. The molecule has 0 saturated heterocycles. The molecule has 1 aromatic rings. The van der Waals surface area contributed by atoms with Gasteiger partial charge in [0, 0.05) is 4.47 Å². The number of hydrogen-bond donors (Lipinski definition) is 3. The minimum Gasteiger partial charge on any atom is -0.390 e. The van der Waals surface area contributed by atoms with Crippen LogP contribution in [0, 0.1) is 5.82 Å². The summed E-state index contributed by atoms with van der Waals surface area (Å²) >= 11 is 7.10. The summed E-state index contributed by atoms with van der Waals surface area (Å²) in [5, 5.41) is 19.3. The van der Waals surface area contributed by atoms with Gasteiger partial charge in [0.05, 0.1) is 6.10 Å². The maximum Gasteiger partial charge on any atom is 0.124 e. The van der Waals surface area contributed by atoms with Crippen molar-refractivity contribution in [3.05, 3.63) is 34.1 Å². The van der Waals surface area contributed by atoms with E-state index in [1.165, 1.54) is 18.2 Å². The van der Waals surface area contributed by atoms with Gasteiger partial charge >= 0.3 is 0 Å². The van der Waals surface area contributed by atoms with Crippen molar-refractivity contribution >= 4 is 28.6 Å². The molecule has 0 aromatic heterocycles. The van der Waals surface area contributed by atoms with Crippen molar-refractivity contribution in [1.29, 1.82) is 0 Å². The van der Waals surface area contributed by atoms with Crippen LogP contribution < -0.4 is 0 Å². The van der Waals surface area contributed by atoms with E-state index < -0.39 is 12.2 Å². The molecule has 0 aliphatic rings. The highest BCUT2D eigenvalue weighted by Crippen LogP contribution is 2.27. The van der Waals surface area contributed by atoms with Crippen molar-refractivity contribution in [2.45, 2.75) is 18.6 Å². The lowest BCUT2D eigenvalue weighted by Crippen LogP contribution is -2.19. The fourth-order valence-electron chi connectivity index (χ4n) is 1.24. The highest BCUT2D eigenvalue weighted by molar-refractivity contribution is 9.10. The molecule has 0 saturated carbocycles. The Kier molecular flexibility index (Phi) is 5.05. The Morgan fingerprint density at radius 2 is 2.07 bits per heavy atom. The minimum absolute atomic E-state index is 0.383. The van der Waals surface area contributed by atoms with Crippen LogP contribution in [-0.2, 0) is 0 Å². The quantitative estimate of drug-likeness (QED) is 0.746. The Morgan fingerprint density at radius 1 is 1.40 bits per heavy atom. The molecule has 0 heterocycles. The smallest absolute Gasteiger partial charge is 0.124 e. The SMILES string of the molecule is OC(CCS)C(O)c1ccc(F)cc1Br. The van der Waals surface area contributed by atoms with Gasteiger partial charge in [0.25, 0.3) is 0 Å². The third-order valence-corrected chi connectivity index (χ3v) is 3.02. The molecule has 2 unspecified atom stereocenters. The second-order valence-electron chi connectivity index (χ2n) is 3.19. The van der Waals surface area contributed by atoms with E-state index in [1.807, 2.05) is 0 Å². The number of benzene rings is 1. The lowest BCUT2D eigenvalue weighted by Gasteiger charge is -2.18. The van der Waals surface area contributed by atoms with Crippen molar-refractivity contribution in [3.8, 4) is 0 Å². The molecule has 2 nitrogen and oxygen atoms in total. The molecule has 0 spiro atoms. The Morgan fingerprint density at radius 3 is 2.60 bits per heavy atom. The Bertz CT molecular complexity index is 335. The Hall–Kier alpha value is -0.100. The van der Waals surface area contributed by atoms with Crippen molar-refractivity contribution in [1.82, 2.24) is 0 Å². The first-order chi connectivity index (χ1) is 7.06. The molecule has 1 rings (SSSR count). The molecule has 15 heavy (non-hydrogen) atoms. The van der Waals surface area contributed by atoms with E-state index in [0.717, 1.165) is 0 Å². The summed E-state index contributed by atoms with van der Waals surface area (Å²) in [6, 6.07) is 3.95. The molecule has 5 heteroatoms. The zero-order valence-electron chi connectivity index (χ0n) is 7.90. The van der Waals surface area contributed by atoms with Gasteiger partial charge in [0.15, 0.2) is 0 Å². The van der Waals surface area contributed by atoms with E-state index in [-0.39, 0.29) is 5.82 Å². The molecule has 0 aliphatic heterocycles. The third kappa shape index (κ3) is 3.45. The largest absolute Gasteiger partial charge is 0.390 e. The Labute approximate surface area is 102 Å². The lowest BCUT2D eigenvalue weighted by atomic mass is 10.0. The van der Waals surface area contributed by atoms with Gasteiger partial charge in [-0.25, -0.2) is 4.39 Å². The first kappa shape index (κ1) is 13.0. The summed E-state index contributed by atoms with van der Waals surface area (Å²) < 4.78 is 13.2. The molecule has 0 radical (unpaired) electrons. The van der Waals surface area contributed by atoms with Gasteiger partial charge in [-0.1, -0.05) is 22.0 Å². The number of halogens is 2. The number of thiol groups is 1. The van der Waals surface area contributed by atoms with Gasteiger partial charge in [-0.3, -0.25) is 0 Å². The van der Waals surface area contributed by atoms with E-state index in [9.17, 15) is 14.6 Å². The molecule has 2 N–H and O–H groups in total. The molecule has 0 aliphatic carbocycles. The van der Waals surface area contributed by atoms with Gasteiger partial charge in [-0.2, -0.15) is 12.6 Å². The molecule has 84 valence electrons. The van der Waals surface area contributed by atoms with Gasteiger partial charge in [-0.05, 0) is 29.9 Å². The predicted molar refractivity (Wildman–Crippen MR) is 63.5 cm³/mol. The van der Waals surface area contributed by atoms with Crippen LogP contribution in [-0.4, -0.2) is 22.1 Å². The van der Waals surface area contributed by atoms with Crippen molar-refractivity contribution in [2.24, 2.45) is 0 Å². The average Bonchev–Trinajstić information content (AvgIpc) is 2.17.